The Labute approximate surface area is 271 Å². The Hall–Kier alpha value is -1.78. The Bertz CT molecular complexity index is 1240. The van der Waals surface area contributed by atoms with Crippen molar-refractivity contribution in [3.8, 4) is 0 Å². The minimum Gasteiger partial charge on any atom is -0.381 e. The summed E-state index contributed by atoms with van der Waals surface area (Å²) in [4.78, 5) is 16.3. The van der Waals surface area contributed by atoms with Crippen LogP contribution in [-0.4, -0.2) is 48.8 Å². The number of benzene rings is 2. The molecule has 0 spiro atoms. The summed E-state index contributed by atoms with van der Waals surface area (Å²) in [5.41, 5.74) is 5.24. The fraction of sp³-hybridized carbons (Fsp3) is 0.360. The second-order valence-electron chi connectivity index (χ2n) is 7.78. The topological polar surface area (TPSA) is 141 Å². The third-order valence-electron chi connectivity index (χ3n) is 4.58. The van der Waals surface area contributed by atoms with Crippen LogP contribution in [0.4, 0.5) is 26.4 Å². The van der Waals surface area contributed by atoms with E-state index in [-0.39, 0.29) is 82.1 Å². The van der Waals surface area contributed by atoms with Crippen molar-refractivity contribution < 1.29 is 78.1 Å². The number of nitrogen functional groups attached to an aromatic ring is 1. The number of sulfonamides is 1. The number of aromatic nitrogens is 3. The molecular formula is C25H35F2KN6O4S. The summed E-state index contributed by atoms with van der Waals surface area (Å²) in [7, 11) is -3.60. The molecule has 0 aliphatic carbocycles. The van der Waals surface area contributed by atoms with E-state index >= 15 is 0 Å². The van der Waals surface area contributed by atoms with Gasteiger partial charge in [-0.2, -0.15) is 9.67 Å². The average molecular weight is 593 g/mol. The first-order valence-corrected chi connectivity index (χ1v) is 13.3. The molecule has 2 heterocycles. The quantitative estimate of drug-likeness (QED) is 0.289. The Morgan fingerprint density at radius 2 is 1.59 bits per heavy atom. The molecular weight excluding hydrogens is 557 g/mol. The molecule has 0 radical (unpaired) electrons. The van der Waals surface area contributed by atoms with Gasteiger partial charge in [0.2, 0.25) is 21.9 Å². The molecule has 0 bridgehead atoms. The molecule has 1 aromatic heterocycles. The van der Waals surface area contributed by atoms with Gasteiger partial charge in [-0.25, -0.2) is 21.9 Å². The standard InChI is InChI=1S/C17H16F2N6O3S.C4H8O.C3H8.CH3.K/c1-2-21-29(27,28)11-8-6-10(7-9-11)22-17-23-16(20)25(24-17)15(26)14-12(18)4-3-5-13(14)19;1-2-4-5-3-1;1-3-2;;/h3-9,21H,2H2,1H3,(H3,20,22,23,24);1-4H2;3H2,1-2H3;1H3;/q;;;-1;+1. The summed E-state index contributed by atoms with van der Waals surface area (Å²) >= 11 is 0. The largest absolute Gasteiger partial charge is 1.00 e. The van der Waals surface area contributed by atoms with Crippen molar-refractivity contribution in [2.45, 2.75) is 44.9 Å². The maximum absolute atomic E-state index is 13.8. The van der Waals surface area contributed by atoms with Crippen molar-refractivity contribution >= 4 is 33.5 Å². The summed E-state index contributed by atoms with van der Waals surface area (Å²) in [6, 6.07) is 8.64. The zero-order valence-corrected chi connectivity index (χ0v) is 26.9. The third kappa shape index (κ3) is 11.3. The number of carbonyl (C=O) groups excluding carboxylic acids is 1. The van der Waals surface area contributed by atoms with E-state index in [4.69, 9.17) is 10.5 Å². The summed E-state index contributed by atoms with van der Waals surface area (Å²) in [6.45, 7) is 8.16. The van der Waals surface area contributed by atoms with Gasteiger partial charge in [0, 0.05) is 25.4 Å². The van der Waals surface area contributed by atoms with Gasteiger partial charge in [-0.1, -0.05) is 33.3 Å². The summed E-state index contributed by atoms with van der Waals surface area (Å²) in [6.07, 6.45) is 3.81. The molecule has 1 aliphatic rings. The molecule has 1 aliphatic heterocycles. The molecule has 210 valence electrons. The van der Waals surface area contributed by atoms with Gasteiger partial charge >= 0.3 is 51.4 Å². The molecule has 3 aromatic rings. The number of rotatable bonds is 6. The number of hydrogen-bond acceptors (Lipinski definition) is 8. The second-order valence-corrected chi connectivity index (χ2v) is 9.55. The molecule has 1 fully saturated rings. The van der Waals surface area contributed by atoms with E-state index in [1.54, 1.807) is 6.92 Å². The van der Waals surface area contributed by atoms with Crippen LogP contribution in [0.3, 0.4) is 0 Å². The molecule has 0 unspecified atom stereocenters. The monoisotopic (exact) mass is 592 g/mol. The molecule has 14 heteroatoms. The van der Waals surface area contributed by atoms with Crippen LogP contribution in [0.5, 0.6) is 0 Å². The Kier molecular flexibility index (Phi) is 17.7. The van der Waals surface area contributed by atoms with Crippen molar-refractivity contribution in [2.75, 3.05) is 30.8 Å². The Morgan fingerprint density at radius 3 is 2.05 bits per heavy atom. The van der Waals surface area contributed by atoms with Crippen LogP contribution in [0, 0.1) is 19.1 Å². The van der Waals surface area contributed by atoms with Crippen molar-refractivity contribution in [1.82, 2.24) is 19.5 Å². The van der Waals surface area contributed by atoms with Crippen LogP contribution in [0.15, 0.2) is 47.4 Å². The zero-order valence-electron chi connectivity index (χ0n) is 23.0. The van der Waals surface area contributed by atoms with E-state index in [0.717, 1.165) is 31.4 Å². The van der Waals surface area contributed by atoms with Crippen LogP contribution >= 0.6 is 0 Å². The summed E-state index contributed by atoms with van der Waals surface area (Å²) in [5.74, 6) is -3.74. The number of anilines is 3. The van der Waals surface area contributed by atoms with Gasteiger partial charge in [0.05, 0.1) is 4.90 Å². The van der Waals surface area contributed by atoms with Crippen molar-refractivity contribution in [2.24, 2.45) is 0 Å². The number of halogens is 2. The molecule has 0 atom stereocenters. The minimum atomic E-state index is -3.60. The van der Waals surface area contributed by atoms with Crippen LogP contribution in [0.2, 0.25) is 0 Å². The SMILES string of the molecule is C1CCOC1.CCC.CCNS(=O)(=O)c1ccc(Nc2nc(N)n(C(=O)c3c(F)cccc3F)n2)cc1.[CH3-].[K+]. The first-order chi connectivity index (χ1) is 17.6. The van der Waals surface area contributed by atoms with Crippen LogP contribution in [0.25, 0.3) is 0 Å². The fourth-order valence-corrected chi connectivity index (χ4v) is 4.01. The van der Waals surface area contributed by atoms with E-state index in [0.29, 0.717) is 10.4 Å². The molecule has 0 saturated carbocycles. The van der Waals surface area contributed by atoms with E-state index < -0.39 is 33.1 Å². The summed E-state index contributed by atoms with van der Waals surface area (Å²) < 4.78 is 59.4. The number of nitrogens with one attached hydrogen (secondary N) is 2. The Balaban J connectivity index is 0.00000125. The normalized spacial score (nSPS) is 12.0. The summed E-state index contributed by atoms with van der Waals surface area (Å²) in [5, 5.41) is 6.55. The van der Waals surface area contributed by atoms with Gasteiger partial charge in [-0.3, -0.25) is 4.79 Å². The maximum atomic E-state index is 13.8. The van der Waals surface area contributed by atoms with Crippen molar-refractivity contribution in [3.63, 3.8) is 0 Å². The van der Waals surface area contributed by atoms with Gasteiger partial charge in [0.25, 0.3) is 5.91 Å². The molecule has 1 saturated heterocycles. The van der Waals surface area contributed by atoms with E-state index in [9.17, 15) is 22.0 Å². The number of hydrogen-bond donors (Lipinski definition) is 3. The van der Waals surface area contributed by atoms with E-state index in [1.807, 2.05) is 0 Å². The van der Waals surface area contributed by atoms with E-state index in [1.165, 1.54) is 43.5 Å². The number of nitrogens with two attached hydrogens (primary N) is 1. The molecule has 0 amide bonds. The van der Waals surface area contributed by atoms with Gasteiger partial charge in [-0.15, -0.1) is 5.10 Å². The minimum absolute atomic E-state index is 0. The molecule has 4 rings (SSSR count). The smallest absolute Gasteiger partial charge is 0.381 e. The zero-order chi connectivity index (χ0) is 27.4. The van der Waals surface area contributed by atoms with Crippen molar-refractivity contribution in [1.29, 1.82) is 0 Å². The van der Waals surface area contributed by atoms with Crippen molar-refractivity contribution in [3.05, 3.63) is 67.1 Å². The second kappa shape index (κ2) is 18.5. The van der Waals surface area contributed by atoms with Crippen LogP contribution in [-0.2, 0) is 14.8 Å². The first kappa shape index (κ1) is 37.2. The Morgan fingerprint density at radius 1 is 1.05 bits per heavy atom. The molecule has 39 heavy (non-hydrogen) atoms. The molecule has 10 nitrogen and oxygen atoms in total. The van der Waals surface area contributed by atoms with Crippen LogP contribution in [0.1, 0.15) is 50.4 Å². The number of nitrogens with zero attached hydrogens (tertiary/aromatic N) is 3. The first-order valence-electron chi connectivity index (χ1n) is 11.8. The fourth-order valence-electron chi connectivity index (χ4n) is 2.96. The molecule has 2 aromatic carbocycles. The van der Waals surface area contributed by atoms with Gasteiger partial charge in [0.15, 0.2) is 0 Å². The average Bonchev–Trinajstić information content (AvgIpc) is 3.53. The van der Waals surface area contributed by atoms with E-state index in [2.05, 4.69) is 34.0 Å². The van der Waals surface area contributed by atoms with Crippen LogP contribution < -0.4 is 67.2 Å². The maximum Gasteiger partial charge on any atom is 1.00 e. The van der Waals surface area contributed by atoms with Gasteiger partial charge < -0.3 is 23.2 Å². The van der Waals surface area contributed by atoms with Gasteiger partial charge in [-0.05, 0) is 49.2 Å². The number of carbonyl (C=O) groups is 1. The third-order valence-corrected chi connectivity index (χ3v) is 6.15. The predicted octanol–water partition coefficient (Wildman–Crippen LogP) is 1.54. The van der Waals surface area contributed by atoms with Gasteiger partial charge in [0.1, 0.15) is 17.2 Å². The number of ether oxygens (including phenoxy) is 1. The predicted molar refractivity (Wildman–Crippen MR) is 144 cm³/mol. The molecule has 4 N–H and O–H groups in total.